The van der Waals surface area contributed by atoms with Crippen LogP contribution in [0.4, 0.5) is 0 Å². The zero-order chi connectivity index (χ0) is 19.9. The van der Waals surface area contributed by atoms with Crippen LogP contribution in [0.2, 0.25) is 5.02 Å². The number of amides is 1. The van der Waals surface area contributed by atoms with Gasteiger partial charge in [0.25, 0.3) is 5.91 Å². The van der Waals surface area contributed by atoms with Crippen LogP contribution in [0.25, 0.3) is 10.9 Å². The topological polar surface area (TPSA) is 65.6 Å². The Morgan fingerprint density at radius 2 is 1.86 bits per heavy atom. The summed E-state index contributed by atoms with van der Waals surface area (Å²) in [7, 11) is 1.63. The van der Waals surface area contributed by atoms with Crippen LogP contribution in [0.3, 0.4) is 0 Å². The zero-order valence-corrected chi connectivity index (χ0v) is 16.7. The lowest BCUT2D eigenvalue weighted by Crippen LogP contribution is -2.45. The van der Waals surface area contributed by atoms with Crippen LogP contribution < -0.4 is 4.74 Å². The van der Waals surface area contributed by atoms with E-state index in [1.54, 1.807) is 24.1 Å². The summed E-state index contributed by atoms with van der Waals surface area (Å²) in [6, 6.07) is 13.0. The normalized spacial score (nSPS) is 16.4. The van der Waals surface area contributed by atoms with Crippen molar-refractivity contribution in [3.8, 4) is 5.75 Å². The summed E-state index contributed by atoms with van der Waals surface area (Å²) in [5.74, 6) is 0.727. The van der Waals surface area contributed by atoms with Gasteiger partial charge in [-0.25, -0.2) is 0 Å². The molecule has 5 nitrogen and oxygen atoms in total. The molecular weight excluding hydrogens is 376 g/mol. The molecule has 3 aromatic rings. The van der Waals surface area contributed by atoms with E-state index in [9.17, 15) is 9.90 Å². The number of aromatic nitrogens is 1. The van der Waals surface area contributed by atoms with Crippen LogP contribution >= 0.6 is 11.6 Å². The lowest BCUT2D eigenvalue weighted by Gasteiger charge is -2.38. The number of hydrogen-bond acceptors (Lipinski definition) is 3. The maximum absolute atomic E-state index is 13.1. The van der Waals surface area contributed by atoms with Crippen molar-refractivity contribution in [2.75, 3.05) is 20.2 Å². The standard InChI is InChI=1S/C22H23ClN2O3/c1-14-18-13-17(28-2)7-8-19(18)24-20(14)21(26)25-11-9-22(27,10-12-25)15-3-5-16(23)6-4-15/h3-8,13,24,27H,9-12H2,1-2H3. The number of nitrogens with one attached hydrogen (secondary N) is 1. The van der Waals surface area contributed by atoms with Gasteiger partial charge in [0, 0.05) is 29.0 Å². The molecule has 146 valence electrons. The van der Waals surface area contributed by atoms with Crippen molar-refractivity contribution >= 4 is 28.4 Å². The number of piperidine rings is 1. The minimum atomic E-state index is -0.926. The number of carbonyl (C=O) groups is 1. The van der Waals surface area contributed by atoms with E-state index in [0.29, 0.717) is 36.6 Å². The van der Waals surface area contributed by atoms with Crippen molar-refractivity contribution in [2.45, 2.75) is 25.4 Å². The largest absolute Gasteiger partial charge is 0.497 e. The van der Waals surface area contributed by atoms with Gasteiger partial charge < -0.3 is 19.7 Å². The molecule has 0 spiro atoms. The van der Waals surface area contributed by atoms with Gasteiger partial charge in [-0.05, 0) is 61.2 Å². The number of methoxy groups -OCH3 is 1. The van der Waals surface area contributed by atoms with Crippen LogP contribution in [0, 0.1) is 6.92 Å². The van der Waals surface area contributed by atoms with Crippen molar-refractivity contribution in [1.82, 2.24) is 9.88 Å². The van der Waals surface area contributed by atoms with Gasteiger partial charge in [0.2, 0.25) is 0 Å². The van der Waals surface area contributed by atoms with Crippen LogP contribution in [0.15, 0.2) is 42.5 Å². The predicted octanol–water partition coefficient (Wildman–Crippen LogP) is 4.26. The summed E-state index contributed by atoms with van der Waals surface area (Å²) in [6.07, 6.45) is 0.987. The summed E-state index contributed by atoms with van der Waals surface area (Å²) in [5, 5.41) is 12.7. The summed E-state index contributed by atoms with van der Waals surface area (Å²) in [5.41, 5.74) is 2.34. The van der Waals surface area contributed by atoms with Gasteiger partial charge in [0.05, 0.1) is 12.7 Å². The van der Waals surface area contributed by atoms with Crippen molar-refractivity contribution < 1.29 is 14.6 Å². The Morgan fingerprint density at radius 1 is 1.18 bits per heavy atom. The molecule has 1 aliphatic heterocycles. The van der Waals surface area contributed by atoms with Crippen LogP contribution in [0.1, 0.15) is 34.5 Å². The highest BCUT2D eigenvalue weighted by Gasteiger charge is 2.36. The molecule has 6 heteroatoms. The van der Waals surface area contributed by atoms with E-state index >= 15 is 0 Å². The first kappa shape index (κ1) is 18.8. The van der Waals surface area contributed by atoms with Crippen LogP contribution in [0.5, 0.6) is 5.75 Å². The van der Waals surface area contributed by atoms with Gasteiger partial charge in [-0.1, -0.05) is 23.7 Å². The summed E-state index contributed by atoms with van der Waals surface area (Å²) in [6.45, 7) is 2.94. The van der Waals surface area contributed by atoms with Gasteiger partial charge >= 0.3 is 0 Å². The number of hydrogen-bond donors (Lipinski definition) is 2. The van der Waals surface area contributed by atoms with E-state index in [0.717, 1.165) is 27.8 Å². The number of aryl methyl sites for hydroxylation is 1. The molecule has 0 saturated carbocycles. The molecule has 2 aromatic carbocycles. The Morgan fingerprint density at radius 3 is 2.50 bits per heavy atom. The lowest BCUT2D eigenvalue weighted by atomic mass is 9.84. The minimum absolute atomic E-state index is 0.0363. The highest BCUT2D eigenvalue weighted by molar-refractivity contribution is 6.30. The first-order valence-electron chi connectivity index (χ1n) is 9.35. The molecule has 1 saturated heterocycles. The molecule has 2 heterocycles. The van der Waals surface area contributed by atoms with Gasteiger partial charge in [-0.15, -0.1) is 0 Å². The number of fused-ring (bicyclic) bond motifs is 1. The number of rotatable bonds is 3. The number of nitrogens with zero attached hydrogens (tertiary/aromatic N) is 1. The van der Waals surface area contributed by atoms with Crippen LogP contribution in [-0.4, -0.2) is 41.1 Å². The third-order valence-corrected chi connectivity index (χ3v) is 5.99. The third-order valence-electron chi connectivity index (χ3n) is 5.74. The van der Waals surface area contributed by atoms with Crippen molar-refractivity contribution in [3.05, 3.63) is 64.3 Å². The molecule has 1 aromatic heterocycles. The SMILES string of the molecule is COc1ccc2[nH]c(C(=O)N3CCC(O)(c4ccc(Cl)cc4)CC3)c(C)c2c1. The maximum atomic E-state index is 13.1. The highest BCUT2D eigenvalue weighted by atomic mass is 35.5. The molecule has 1 amide bonds. The first-order valence-corrected chi connectivity index (χ1v) is 9.73. The zero-order valence-electron chi connectivity index (χ0n) is 16.0. The molecule has 2 N–H and O–H groups in total. The van der Waals surface area contributed by atoms with E-state index in [2.05, 4.69) is 4.98 Å². The number of likely N-dealkylation sites (tertiary alicyclic amines) is 1. The average molecular weight is 399 g/mol. The van der Waals surface area contributed by atoms with E-state index in [1.165, 1.54) is 0 Å². The smallest absolute Gasteiger partial charge is 0.270 e. The number of H-pyrrole nitrogens is 1. The molecular formula is C22H23ClN2O3. The predicted molar refractivity (Wildman–Crippen MR) is 110 cm³/mol. The Kier molecular flexibility index (Phi) is 4.81. The lowest BCUT2D eigenvalue weighted by molar-refractivity contribution is -0.0212. The second-order valence-electron chi connectivity index (χ2n) is 7.37. The second-order valence-corrected chi connectivity index (χ2v) is 7.80. The van der Waals surface area contributed by atoms with Gasteiger partial charge in [0.15, 0.2) is 0 Å². The minimum Gasteiger partial charge on any atom is -0.497 e. The van der Waals surface area contributed by atoms with Gasteiger partial charge in [0.1, 0.15) is 11.4 Å². The van der Waals surface area contributed by atoms with Crippen molar-refractivity contribution in [1.29, 1.82) is 0 Å². The fourth-order valence-corrected chi connectivity index (χ4v) is 4.06. The molecule has 0 radical (unpaired) electrons. The third kappa shape index (κ3) is 3.25. The fraction of sp³-hybridized carbons (Fsp3) is 0.318. The molecule has 0 aliphatic carbocycles. The number of halogens is 1. The molecule has 28 heavy (non-hydrogen) atoms. The van der Waals surface area contributed by atoms with Gasteiger partial charge in [-0.3, -0.25) is 4.79 Å². The Labute approximate surface area is 168 Å². The van der Waals surface area contributed by atoms with Crippen molar-refractivity contribution in [2.24, 2.45) is 0 Å². The molecule has 1 aliphatic rings. The summed E-state index contributed by atoms with van der Waals surface area (Å²) in [4.78, 5) is 18.2. The Balaban J connectivity index is 1.53. The number of aromatic amines is 1. The second kappa shape index (κ2) is 7.15. The molecule has 0 bridgehead atoms. The molecule has 4 rings (SSSR count). The summed E-state index contributed by atoms with van der Waals surface area (Å²) < 4.78 is 5.29. The number of benzene rings is 2. The van der Waals surface area contributed by atoms with Gasteiger partial charge in [-0.2, -0.15) is 0 Å². The average Bonchev–Trinajstić information content (AvgIpc) is 3.04. The number of ether oxygens (including phenoxy) is 1. The first-order chi connectivity index (χ1) is 13.4. The van der Waals surface area contributed by atoms with E-state index < -0.39 is 5.60 Å². The Bertz CT molecular complexity index is 1020. The number of aliphatic hydroxyl groups is 1. The maximum Gasteiger partial charge on any atom is 0.270 e. The van der Waals surface area contributed by atoms with E-state index in [4.69, 9.17) is 16.3 Å². The number of carbonyl (C=O) groups excluding carboxylic acids is 1. The molecule has 1 fully saturated rings. The Hall–Kier alpha value is -2.50. The highest BCUT2D eigenvalue weighted by Crippen LogP contribution is 2.34. The summed E-state index contributed by atoms with van der Waals surface area (Å²) >= 11 is 5.95. The quantitative estimate of drug-likeness (QED) is 0.692. The molecule has 0 unspecified atom stereocenters. The monoisotopic (exact) mass is 398 g/mol. The van der Waals surface area contributed by atoms with E-state index in [-0.39, 0.29) is 5.91 Å². The van der Waals surface area contributed by atoms with E-state index in [1.807, 2.05) is 37.3 Å². The molecule has 0 atom stereocenters. The fourth-order valence-electron chi connectivity index (χ4n) is 3.93. The van der Waals surface area contributed by atoms with Crippen molar-refractivity contribution in [3.63, 3.8) is 0 Å². The van der Waals surface area contributed by atoms with Crippen LogP contribution in [-0.2, 0) is 5.60 Å².